The van der Waals surface area contributed by atoms with Gasteiger partial charge in [-0.05, 0) is 36.8 Å². The van der Waals surface area contributed by atoms with Gasteiger partial charge in [0, 0.05) is 13.2 Å². The normalized spacial score (nSPS) is 11.1. The van der Waals surface area contributed by atoms with E-state index in [0.29, 0.717) is 23.7 Å². The third-order valence-electron chi connectivity index (χ3n) is 4.09. The van der Waals surface area contributed by atoms with Gasteiger partial charge >= 0.3 is 11.8 Å². The average Bonchev–Trinajstić information content (AvgIpc) is 2.53. The molecule has 1 rings (SSSR count). The number of amides is 2. The summed E-state index contributed by atoms with van der Waals surface area (Å²) < 4.78 is 0. The fraction of sp³-hybridized carbons (Fsp3) is 0.500. The Labute approximate surface area is 136 Å². The molecule has 3 N–H and O–H groups in total. The highest BCUT2D eigenvalue weighted by atomic mass is 35.5. The van der Waals surface area contributed by atoms with Crippen LogP contribution >= 0.6 is 11.6 Å². The predicted octanol–water partition coefficient (Wildman–Crippen LogP) is 2.58. The molecule has 0 aliphatic heterocycles. The van der Waals surface area contributed by atoms with Crippen molar-refractivity contribution in [3.05, 3.63) is 29.3 Å². The van der Waals surface area contributed by atoms with Gasteiger partial charge in [-0.3, -0.25) is 9.59 Å². The highest BCUT2D eigenvalue weighted by Crippen LogP contribution is 2.29. The average molecular weight is 327 g/mol. The number of hydrogen-bond acceptors (Lipinski definition) is 3. The van der Waals surface area contributed by atoms with Crippen LogP contribution in [0.1, 0.15) is 33.1 Å². The van der Waals surface area contributed by atoms with Crippen LogP contribution in [0.15, 0.2) is 24.3 Å². The van der Waals surface area contributed by atoms with Gasteiger partial charge in [-0.2, -0.15) is 0 Å². The Balaban J connectivity index is 2.61. The van der Waals surface area contributed by atoms with Crippen molar-refractivity contribution in [2.75, 3.05) is 18.5 Å². The summed E-state index contributed by atoms with van der Waals surface area (Å²) in [5, 5.41) is 14.7. The van der Waals surface area contributed by atoms with E-state index in [4.69, 9.17) is 16.7 Å². The molecule has 0 spiro atoms. The largest absolute Gasteiger partial charge is 0.396 e. The van der Waals surface area contributed by atoms with E-state index in [1.165, 1.54) is 0 Å². The number of aliphatic hydroxyl groups is 1. The van der Waals surface area contributed by atoms with Crippen LogP contribution in [0.5, 0.6) is 0 Å². The quantitative estimate of drug-likeness (QED) is 0.674. The Kier molecular flexibility index (Phi) is 7.35. The molecule has 1 aromatic rings. The predicted molar refractivity (Wildman–Crippen MR) is 87.8 cm³/mol. The molecule has 2 amide bonds. The molecule has 0 atom stereocenters. The van der Waals surface area contributed by atoms with E-state index in [-0.39, 0.29) is 12.0 Å². The minimum atomic E-state index is -0.752. The van der Waals surface area contributed by atoms with Crippen molar-refractivity contribution < 1.29 is 14.7 Å². The Morgan fingerprint density at radius 2 is 1.82 bits per heavy atom. The van der Waals surface area contributed by atoms with Crippen molar-refractivity contribution in [2.24, 2.45) is 5.41 Å². The molecule has 0 heterocycles. The summed E-state index contributed by atoms with van der Waals surface area (Å²) in [7, 11) is 0. The van der Waals surface area contributed by atoms with E-state index in [9.17, 15) is 9.59 Å². The number of halogens is 1. The van der Waals surface area contributed by atoms with Crippen LogP contribution in [0, 0.1) is 5.41 Å². The van der Waals surface area contributed by atoms with E-state index in [1.807, 2.05) is 13.8 Å². The SMILES string of the molecule is CCC(CC)(CCO)CNC(=O)C(=O)Nc1ccccc1Cl. The monoisotopic (exact) mass is 326 g/mol. The van der Waals surface area contributed by atoms with Gasteiger partial charge < -0.3 is 15.7 Å². The van der Waals surface area contributed by atoms with Crippen LogP contribution < -0.4 is 10.6 Å². The molecule has 122 valence electrons. The molecule has 0 aliphatic rings. The van der Waals surface area contributed by atoms with Crippen molar-refractivity contribution in [3.8, 4) is 0 Å². The molecular formula is C16H23ClN2O3. The standard InChI is InChI=1S/C16H23ClN2O3/c1-3-16(4-2,9-10-20)11-18-14(21)15(22)19-13-8-6-5-7-12(13)17/h5-8,20H,3-4,9-11H2,1-2H3,(H,18,21)(H,19,22). The lowest BCUT2D eigenvalue weighted by atomic mass is 9.79. The van der Waals surface area contributed by atoms with Crippen LogP contribution in [-0.4, -0.2) is 30.1 Å². The van der Waals surface area contributed by atoms with E-state index < -0.39 is 11.8 Å². The first-order valence-electron chi connectivity index (χ1n) is 7.42. The van der Waals surface area contributed by atoms with Gasteiger partial charge in [0.15, 0.2) is 0 Å². The highest BCUT2D eigenvalue weighted by Gasteiger charge is 2.27. The maximum absolute atomic E-state index is 11.9. The van der Waals surface area contributed by atoms with Gasteiger partial charge in [0.1, 0.15) is 0 Å². The molecule has 0 aromatic heterocycles. The minimum Gasteiger partial charge on any atom is -0.396 e. The molecule has 22 heavy (non-hydrogen) atoms. The van der Waals surface area contributed by atoms with E-state index in [0.717, 1.165) is 12.8 Å². The zero-order valence-corrected chi connectivity index (χ0v) is 13.7. The second-order valence-electron chi connectivity index (χ2n) is 5.30. The summed E-state index contributed by atoms with van der Waals surface area (Å²) in [5.74, 6) is -1.46. The lowest BCUT2D eigenvalue weighted by Crippen LogP contribution is -2.42. The van der Waals surface area contributed by atoms with Crippen LogP contribution in [-0.2, 0) is 9.59 Å². The second-order valence-corrected chi connectivity index (χ2v) is 5.70. The fourth-order valence-corrected chi connectivity index (χ4v) is 2.45. The van der Waals surface area contributed by atoms with E-state index in [2.05, 4.69) is 10.6 Å². The molecule has 0 bridgehead atoms. The lowest BCUT2D eigenvalue weighted by molar-refractivity contribution is -0.136. The van der Waals surface area contributed by atoms with Gasteiger partial charge in [0.25, 0.3) is 0 Å². The Hall–Kier alpha value is -1.59. The number of benzene rings is 1. The zero-order valence-electron chi connectivity index (χ0n) is 13.0. The molecule has 0 radical (unpaired) electrons. The van der Waals surface area contributed by atoms with Crippen molar-refractivity contribution in [3.63, 3.8) is 0 Å². The number of carbonyl (C=O) groups excluding carboxylic acids is 2. The topological polar surface area (TPSA) is 78.4 Å². The third-order valence-corrected chi connectivity index (χ3v) is 4.42. The van der Waals surface area contributed by atoms with Crippen molar-refractivity contribution >= 4 is 29.1 Å². The first-order valence-corrected chi connectivity index (χ1v) is 7.80. The van der Waals surface area contributed by atoms with E-state index >= 15 is 0 Å². The van der Waals surface area contributed by atoms with Crippen LogP contribution in [0.3, 0.4) is 0 Å². The summed E-state index contributed by atoms with van der Waals surface area (Å²) >= 11 is 5.93. The molecule has 0 fully saturated rings. The molecule has 5 nitrogen and oxygen atoms in total. The van der Waals surface area contributed by atoms with Crippen molar-refractivity contribution in [2.45, 2.75) is 33.1 Å². The third kappa shape index (κ3) is 5.00. The fourth-order valence-electron chi connectivity index (χ4n) is 2.27. The van der Waals surface area contributed by atoms with Crippen molar-refractivity contribution in [1.29, 1.82) is 0 Å². The van der Waals surface area contributed by atoms with Crippen LogP contribution in [0.2, 0.25) is 5.02 Å². The van der Waals surface area contributed by atoms with Gasteiger partial charge in [-0.25, -0.2) is 0 Å². The van der Waals surface area contributed by atoms with Gasteiger partial charge in [-0.1, -0.05) is 37.6 Å². The van der Waals surface area contributed by atoms with Crippen molar-refractivity contribution in [1.82, 2.24) is 5.32 Å². The van der Waals surface area contributed by atoms with Gasteiger partial charge in [0.05, 0.1) is 10.7 Å². The summed E-state index contributed by atoms with van der Waals surface area (Å²) in [4.78, 5) is 23.8. The second kappa shape index (κ2) is 8.76. The van der Waals surface area contributed by atoms with Gasteiger partial charge in [-0.15, -0.1) is 0 Å². The number of anilines is 1. The Morgan fingerprint density at radius 1 is 1.18 bits per heavy atom. The number of rotatable bonds is 7. The number of hydrogen-bond donors (Lipinski definition) is 3. The van der Waals surface area contributed by atoms with Gasteiger partial charge in [0.2, 0.25) is 0 Å². The molecule has 6 heteroatoms. The maximum atomic E-state index is 11.9. The number of aliphatic hydroxyl groups excluding tert-OH is 1. The molecule has 0 aliphatic carbocycles. The molecule has 0 saturated heterocycles. The molecule has 0 saturated carbocycles. The highest BCUT2D eigenvalue weighted by molar-refractivity contribution is 6.41. The summed E-state index contributed by atoms with van der Waals surface area (Å²) in [5.41, 5.74) is 0.214. The number of carbonyl (C=O) groups is 2. The first-order chi connectivity index (χ1) is 10.5. The van der Waals surface area contributed by atoms with Crippen LogP contribution in [0.25, 0.3) is 0 Å². The smallest absolute Gasteiger partial charge is 0.313 e. The Morgan fingerprint density at radius 3 is 2.36 bits per heavy atom. The summed E-state index contributed by atoms with van der Waals surface area (Å²) in [6, 6.07) is 6.72. The number of nitrogens with one attached hydrogen (secondary N) is 2. The number of para-hydroxylation sites is 1. The molecule has 0 unspecified atom stereocenters. The van der Waals surface area contributed by atoms with Crippen LogP contribution in [0.4, 0.5) is 5.69 Å². The molecule has 1 aromatic carbocycles. The zero-order chi connectivity index (χ0) is 16.6. The van der Waals surface area contributed by atoms with E-state index in [1.54, 1.807) is 24.3 Å². The minimum absolute atomic E-state index is 0.0589. The summed E-state index contributed by atoms with van der Waals surface area (Å²) in [6.07, 6.45) is 2.22. The first kappa shape index (κ1) is 18.5. The Bertz CT molecular complexity index is 516. The summed E-state index contributed by atoms with van der Waals surface area (Å²) in [6.45, 7) is 4.43. The molecular weight excluding hydrogens is 304 g/mol. The lowest BCUT2D eigenvalue weighted by Gasteiger charge is -2.31. The maximum Gasteiger partial charge on any atom is 0.313 e.